The van der Waals surface area contributed by atoms with Gasteiger partial charge in [-0.3, -0.25) is 4.90 Å². The highest BCUT2D eigenvalue weighted by Gasteiger charge is 2.35. The van der Waals surface area contributed by atoms with Gasteiger partial charge in [-0.1, -0.05) is 43.7 Å². The van der Waals surface area contributed by atoms with Gasteiger partial charge in [0, 0.05) is 25.3 Å². The minimum absolute atomic E-state index is 0.285. The summed E-state index contributed by atoms with van der Waals surface area (Å²) in [6.07, 6.45) is 1.21. The van der Waals surface area contributed by atoms with Crippen LogP contribution in [0.1, 0.15) is 44.4 Å². The third kappa shape index (κ3) is 4.73. The maximum atomic E-state index is 12.8. The Morgan fingerprint density at radius 3 is 2.43 bits per heavy atom. The van der Waals surface area contributed by atoms with Crippen molar-refractivity contribution in [2.75, 3.05) is 26.2 Å². The summed E-state index contributed by atoms with van der Waals surface area (Å²) in [5, 5.41) is 5.78. The molecule has 0 bridgehead atoms. The highest BCUT2D eigenvalue weighted by Crippen LogP contribution is 2.29. The van der Waals surface area contributed by atoms with Gasteiger partial charge in [0.2, 0.25) is 0 Å². The van der Waals surface area contributed by atoms with Gasteiger partial charge in [0.25, 0.3) is 0 Å². The van der Waals surface area contributed by atoms with Gasteiger partial charge in [0.05, 0.1) is 18.2 Å². The molecule has 2 aliphatic heterocycles. The molecule has 3 rings (SSSR count). The molecule has 6 nitrogen and oxygen atoms in total. The Labute approximate surface area is 167 Å². The molecule has 2 heterocycles. The molecule has 3 atom stereocenters. The van der Waals surface area contributed by atoms with Crippen LogP contribution >= 0.6 is 0 Å². The summed E-state index contributed by atoms with van der Waals surface area (Å²) in [5.74, 6) is 0.815. The van der Waals surface area contributed by atoms with Gasteiger partial charge in [-0.2, -0.15) is 0 Å². The summed E-state index contributed by atoms with van der Waals surface area (Å²) in [4.78, 5) is 27.6. The number of hydrogen-bond donors (Lipinski definition) is 2. The summed E-state index contributed by atoms with van der Waals surface area (Å²) >= 11 is 0. The van der Waals surface area contributed by atoms with E-state index in [0.717, 1.165) is 24.2 Å². The smallest absolute Gasteiger partial charge is 0.338 e. The molecule has 6 heteroatoms. The van der Waals surface area contributed by atoms with Crippen molar-refractivity contribution in [3.63, 3.8) is 0 Å². The molecule has 28 heavy (non-hydrogen) atoms. The summed E-state index contributed by atoms with van der Waals surface area (Å²) in [6.45, 7) is 11.1. The Bertz CT molecular complexity index is 747. The quantitative estimate of drug-likeness (QED) is 0.764. The van der Waals surface area contributed by atoms with Crippen molar-refractivity contribution in [1.82, 2.24) is 15.5 Å². The molecule has 2 amide bonds. The number of hydrogen-bond acceptors (Lipinski definition) is 4. The first-order valence-electron chi connectivity index (χ1n) is 10.1. The lowest BCUT2D eigenvalue weighted by atomic mass is 9.91. The Morgan fingerprint density at radius 1 is 1.18 bits per heavy atom. The molecule has 1 fully saturated rings. The number of esters is 1. The van der Waals surface area contributed by atoms with E-state index in [1.54, 1.807) is 6.92 Å². The molecule has 0 unspecified atom stereocenters. The highest BCUT2D eigenvalue weighted by molar-refractivity contribution is 5.95. The molecule has 1 saturated heterocycles. The van der Waals surface area contributed by atoms with Gasteiger partial charge in [-0.05, 0) is 37.7 Å². The van der Waals surface area contributed by atoms with Crippen molar-refractivity contribution >= 4 is 12.0 Å². The number of carbonyl (C=O) groups is 2. The molecule has 0 aromatic heterocycles. The lowest BCUT2D eigenvalue weighted by molar-refractivity contribution is -0.139. The topological polar surface area (TPSA) is 70.7 Å². The Morgan fingerprint density at radius 2 is 1.82 bits per heavy atom. The van der Waals surface area contributed by atoms with E-state index in [-0.39, 0.29) is 12.0 Å². The molecule has 1 aromatic rings. The Hall–Kier alpha value is -2.34. The predicted octanol–water partition coefficient (Wildman–Crippen LogP) is 3.14. The van der Waals surface area contributed by atoms with Crippen molar-refractivity contribution in [1.29, 1.82) is 0 Å². The molecule has 152 valence electrons. The number of likely N-dealkylation sites (tertiary alicyclic amines) is 1. The SMILES string of the molecule is CCOC(=O)C1=C(CN2C[C@H](C)C[C@@H](C)C2)NC(=O)N[C@H]1c1ccc(C)cc1. The highest BCUT2D eigenvalue weighted by atomic mass is 16.5. The van der Waals surface area contributed by atoms with Crippen molar-refractivity contribution in [2.45, 2.75) is 40.2 Å². The van der Waals surface area contributed by atoms with Crippen molar-refractivity contribution in [3.8, 4) is 0 Å². The maximum absolute atomic E-state index is 12.8. The van der Waals surface area contributed by atoms with Crippen LogP contribution < -0.4 is 10.6 Å². The fraction of sp³-hybridized carbons (Fsp3) is 0.545. The number of urea groups is 1. The van der Waals surface area contributed by atoms with Crippen LogP contribution in [0.5, 0.6) is 0 Å². The molecule has 2 N–H and O–H groups in total. The predicted molar refractivity (Wildman–Crippen MR) is 109 cm³/mol. The lowest BCUT2D eigenvalue weighted by Crippen LogP contribution is -2.50. The van der Waals surface area contributed by atoms with E-state index in [0.29, 0.717) is 36.3 Å². The molecule has 0 saturated carbocycles. The summed E-state index contributed by atoms with van der Waals surface area (Å²) in [7, 11) is 0. The zero-order valence-corrected chi connectivity index (χ0v) is 17.2. The van der Waals surface area contributed by atoms with Gasteiger partial charge in [-0.15, -0.1) is 0 Å². The number of ether oxygens (including phenoxy) is 1. The van der Waals surface area contributed by atoms with E-state index < -0.39 is 6.04 Å². The number of carbonyl (C=O) groups excluding carboxylic acids is 2. The van der Waals surface area contributed by atoms with E-state index in [9.17, 15) is 9.59 Å². The molecular formula is C22H31N3O3. The Balaban J connectivity index is 1.96. The van der Waals surface area contributed by atoms with Crippen LogP contribution in [-0.2, 0) is 9.53 Å². The van der Waals surface area contributed by atoms with Gasteiger partial charge in [-0.25, -0.2) is 9.59 Å². The van der Waals surface area contributed by atoms with Crippen LogP contribution in [0.2, 0.25) is 0 Å². The molecule has 0 aliphatic carbocycles. The zero-order chi connectivity index (χ0) is 20.3. The number of amides is 2. The third-order valence-corrected chi connectivity index (χ3v) is 5.39. The fourth-order valence-electron chi connectivity index (χ4n) is 4.35. The second-order valence-corrected chi connectivity index (χ2v) is 8.19. The van der Waals surface area contributed by atoms with E-state index >= 15 is 0 Å². The zero-order valence-electron chi connectivity index (χ0n) is 17.2. The van der Waals surface area contributed by atoms with Gasteiger partial charge in [0.1, 0.15) is 0 Å². The van der Waals surface area contributed by atoms with Crippen LogP contribution in [-0.4, -0.2) is 43.1 Å². The minimum atomic E-state index is -0.511. The number of piperidine rings is 1. The van der Waals surface area contributed by atoms with Crippen molar-refractivity contribution < 1.29 is 14.3 Å². The second-order valence-electron chi connectivity index (χ2n) is 8.19. The van der Waals surface area contributed by atoms with Crippen LogP contribution in [0.4, 0.5) is 4.79 Å². The average molecular weight is 386 g/mol. The number of aryl methyl sites for hydroxylation is 1. The monoisotopic (exact) mass is 385 g/mol. The molecule has 0 radical (unpaired) electrons. The van der Waals surface area contributed by atoms with Gasteiger partial charge < -0.3 is 15.4 Å². The number of nitrogens with zero attached hydrogens (tertiary/aromatic N) is 1. The maximum Gasteiger partial charge on any atom is 0.338 e. The molecular weight excluding hydrogens is 354 g/mol. The first-order chi connectivity index (χ1) is 13.4. The number of benzene rings is 1. The first-order valence-corrected chi connectivity index (χ1v) is 10.1. The Kier molecular flexibility index (Phi) is 6.39. The molecule has 0 spiro atoms. The molecule has 2 aliphatic rings. The number of rotatable bonds is 5. The summed E-state index contributed by atoms with van der Waals surface area (Å²) in [5.41, 5.74) is 3.15. The van der Waals surface area contributed by atoms with E-state index in [2.05, 4.69) is 29.4 Å². The van der Waals surface area contributed by atoms with Crippen LogP contribution in [0, 0.1) is 18.8 Å². The van der Waals surface area contributed by atoms with E-state index in [4.69, 9.17) is 4.74 Å². The standard InChI is InChI=1S/C22H31N3O3/c1-5-28-21(26)19-18(13-25-11-15(3)10-16(4)12-25)23-22(27)24-20(19)17-8-6-14(2)7-9-17/h6-9,15-16,20H,5,10-13H2,1-4H3,(H2,23,24,27)/t15-,16-,20+/m1/s1. The van der Waals surface area contributed by atoms with Crippen molar-refractivity contribution in [3.05, 3.63) is 46.7 Å². The molecule has 1 aromatic carbocycles. The van der Waals surface area contributed by atoms with Gasteiger partial charge >= 0.3 is 12.0 Å². The van der Waals surface area contributed by atoms with Crippen LogP contribution in [0.25, 0.3) is 0 Å². The fourth-order valence-corrected chi connectivity index (χ4v) is 4.35. The normalized spacial score (nSPS) is 25.9. The van der Waals surface area contributed by atoms with E-state index in [1.165, 1.54) is 6.42 Å². The third-order valence-electron chi connectivity index (χ3n) is 5.39. The number of nitrogens with one attached hydrogen (secondary N) is 2. The van der Waals surface area contributed by atoms with Crippen molar-refractivity contribution in [2.24, 2.45) is 11.8 Å². The summed E-state index contributed by atoms with van der Waals surface area (Å²) in [6, 6.07) is 7.08. The average Bonchev–Trinajstić information content (AvgIpc) is 2.61. The van der Waals surface area contributed by atoms with Crippen LogP contribution in [0.3, 0.4) is 0 Å². The largest absolute Gasteiger partial charge is 0.463 e. The van der Waals surface area contributed by atoms with Gasteiger partial charge in [0.15, 0.2) is 0 Å². The lowest BCUT2D eigenvalue weighted by Gasteiger charge is -2.37. The second kappa shape index (κ2) is 8.78. The van der Waals surface area contributed by atoms with Crippen LogP contribution in [0.15, 0.2) is 35.5 Å². The minimum Gasteiger partial charge on any atom is -0.463 e. The first kappa shape index (κ1) is 20.4. The van der Waals surface area contributed by atoms with E-state index in [1.807, 2.05) is 31.2 Å². The summed E-state index contributed by atoms with van der Waals surface area (Å²) < 4.78 is 5.35.